The number of ketones is 2. The van der Waals surface area contributed by atoms with Gasteiger partial charge < -0.3 is 38.6 Å². The lowest BCUT2D eigenvalue weighted by atomic mass is 9.54. The summed E-state index contributed by atoms with van der Waals surface area (Å²) >= 11 is 0. The molecule has 1 heterocycles. The average Bonchev–Trinajstić information content (AvgIpc) is 3.44. The van der Waals surface area contributed by atoms with Crippen molar-refractivity contribution in [3.05, 3.63) is 28.3 Å². The quantitative estimate of drug-likeness (QED) is 0.148. The summed E-state index contributed by atoms with van der Waals surface area (Å²) < 4.78 is 25.0. The van der Waals surface area contributed by atoms with Crippen LogP contribution in [-0.2, 0) is 30.0 Å². The summed E-state index contributed by atoms with van der Waals surface area (Å²) in [5.74, 6) is -4.55. The average molecular weight is 715 g/mol. The van der Waals surface area contributed by atoms with E-state index in [1.165, 1.54) is 13.2 Å². The molecule has 2 saturated carbocycles. The number of aromatic carboxylic acids is 1. The number of aliphatic hydroxyl groups excluding tert-OH is 1. The van der Waals surface area contributed by atoms with Crippen LogP contribution in [0, 0.1) is 17.8 Å². The zero-order valence-corrected chi connectivity index (χ0v) is 32.2. The molecular weight excluding hydrogens is 660 g/mol. The van der Waals surface area contributed by atoms with E-state index in [4.69, 9.17) is 23.5 Å². The molecule has 13 heteroatoms. The van der Waals surface area contributed by atoms with Crippen LogP contribution < -0.4 is 9.47 Å². The lowest BCUT2D eigenvalue weighted by Gasteiger charge is -2.57. The van der Waals surface area contributed by atoms with E-state index >= 15 is 9.59 Å². The molecular formula is C37H54N2O10Si. The van der Waals surface area contributed by atoms with E-state index in [-0.39, 0.29) is 52.2 Å². The summed E-state index contributed by atoms with van der Waals surface area (Å²) in [6.07, 6.45) is 2.94. The van der Waals surface area contributed by atoms with Crippen LogP contribution in [0.1, 0.15) is 88.2 Å². The number of fused-ring (bicyclic) bond motifs is 4. The first kappa shape index (κ1) is 37.8. The molecule has 0 aromatic heterocycles. The molecule has 3 aliphatic carbocycles. The van der Waals surface area contributed by atoms with E-state index in [9.17, 15) is 15.0 Å². The van der Waals surface area contributed by atoms with Crippen LogP contribution in [0.5, 0.6) is 11.5 Å². The largest absolute Gasteiger partial charge is 0.507 e. The van der Waals surface area contributed by atoms with E-state index in [0.717, 1.165) is 19.3 Å². The lowest BCUT2D eigenvalue weighted by molar-refractivity contribution is -0.178. The molecule has 6 atom stereocenters. The highest BCUT2D eigenvalue weighted by atomic mass is 28.4. The molecule has 0 radical (unpaired) electrons. The number of carbonyl (C=O) groups excluding carboxylic acids is 2. The molecule has 2 fully saturated rings. The van der Waals surface area contributed by atoms with Gasteiger partial charge in [-0.2, -0.15) is 0 Å². The number of unbranched alkanes of at least 4 members (excludes halogenated alkanes) is 2. The van der Waals surface area contributed by atoms with Crippen molar-refractivity contribution < 1.29 is 48.1 Å². The fraction of sp³-hybridized carbons (Fsp3) is 0.676. The Kier molecular flexibility index (Phi) is 10.6. The molecule has 276 valence electrons. The highest BCUT2D eigenvalue weighted by molar-refractivity contribution is 6.74. The summed E-state index contributed by atoms with van der Waals surface area (Å²) in [6.45, 7) is 14.7. The van der Waals surface area contributed by atoms with Crippen molar-refractivity contribution >= 4 is 37.5 Å². The van der Waals surface area contributed by atoms with Crippen LogP contribution in [0.15, 0.2) is 16.8 Å². The summed E-state index contributed by atoms with van der Waals surface area (Å²) in [7, 11) is 2.35. The van der Waals surface area contributed by atoms with Gasteiger partial charge in [-0.3, -0.25) is 9.59 Å². The van der Waals surface area contributed by atoms with E-state index in [1.807, 2.05) is 66.7 Å². The molecule has 50 heavy (non-hydrogen) atoms. The number of likely N-dealkylation sites (N-methyl/N-ethyl adjacent to an activating group) is 1. The minimum Gasteiger partial charge on any atom is -0.507 e. The number of oxime groups is 1. The summed E-state index contributed by atoms with van der Waals surface area (Å²) in [4.78, 5) is 51.4. The first-order chi connectivity index (χ1) is 23.5. The third-order valence-electron chi connectivity index (χ3n) is 11.4. The number of ether oxygens (including phenoxy) is 3. The van der Waals surface area contributed by atoms with Crippen molar-refractivity contribution in [2.24, 2.45) is 22.9 Å². The molecule has 12 nitrogen and oxygen atoms in total. The van der Waals surface area contributed by atoms with Crippen molar-refractivity contribution in [3.63, 3.8) is 0 Å². The standard InChI is InChI=1S/C37H54N2O10Si/c1-11-13-15-46-30-22(35(43)44)19-24(45-8)21-17-20-18-23-28(39(6)7)31-27(34(38-48-31)47-16-14-12-2)33(42)37(23,49-50(9,10)36(3,4)5)32(41)25(20)29(40)26(21)30/h19-20,23,27-28,31,40H,11-18H2,1-10H3,(H,43,44)/t20-,23-,27?,28-,31?,37-/m0/s1. The third-order valence-corrected chi connectivity index (χ3v) is 15.8. The molecule has 2 N–H and O–H groups in total. The molecule has 1 aromatic rings. The number of carbonyl (C=O) groups is 3. The maximum Gasteiger partial charge on any atom is 0.339 e. The van der Waals surface area contributed by atoms with Gasteiger partial charge in [-0.25, -0.2) is 4.79 Å². The smallest absolute Gasteiger partial charge is 0.339 e. The molecule has 5 rings (SSSR count). The van der Waals surface area contributed by atoms with Crippen LogP contribution >= 0.6 is 0 Å². The third kappa shape index (κ3) is 6.02. The zero-order chi connectivity index (χ0) is 36.9. The van der Waals surface area contributed by atoms with Gasteiger partial charge in [-0.05, 0) is 69.9 Å². The molecule has 0 spiro atoms. The van der Waals surface area contributed by atoms with Gasteiger partial charge in [0.05, 0.1) is 31.9 Å². The van der Waals surface area contributed by atoms with E-state index in [0.29, 0.717) is 25.0 Å². The SMILES string of the molecule is CCCCOC1=NOC2C1C(=O)[C@@]1(O[Si](C)(C)C(C)(C)C)C(=O)C3=C(O)c4c(c(OC)cc(C(=O)O)c4OCCCC)C[C@H]3C[C@H]1[C@@H]2N(C)C. The predicted octanol–water partition coefficient (Wildman–Crippen LogP) is 6.02. The first-order valence-electron chi connectivity index (χ1n) is 17.8. The molecule has 0 amide bonds. The van der Waals surface area contributed by atoms with E-state index in [2.05, 4.69) is 5.16 Å². The number of carboxylic acids is 1. The summed E-state index contributed by atoms with van der Waals surface area (Å²) in [6, 6.07) is 0.939. The van der Waals surface area contributed by atoms with Crippen LogP contribution in [-0.4, -0.2) is 99.0 Å². The van der Waals surface area contributed by atoms with Crippen LogP contribution in [0.25, 0.3) is 5.76 Å². The normalized spacial score (nSPS) is 27.6. The van der Waals surface area contributed by atoms with Gasteiger partial charge in [-0.15, -0.1) is 0 Å². The zero-order valence-electron chi connectivity index (χ0n) is 31.2. The fourth-order valence-corrected chi connectivity index (χ4v) is 9.25. The number of benzene rings is 1. The maximum absolute atomic E-state index is 15.6. The molecule has 0 bridgehead atoms. The highest BCUT2D eigenvalue weighted by Gasteiger charge is 2.72. The minimum absolute atomic E-state index is 0.0244. The number of aliphatic hydroxyl groups is 1. The molecule has 1 aromatic carbocycles. The Balaban J connectivity index is 1.78. The summed E-state index contributed by atoms with van der Waals surface area (Å²) in [5, 5.41) is 26.4. The van der Waals surface area contributed by atoms with Crippen molar-refractivity contribution in [3.8, 4) is 11.5 Å². The van der Waals surface area contributed by atoms with Gasteiger partial charge in [0.15, 0.2) is 25.8 Å². The van der Waals surface area contributed by atoms with Gasteiger partial charge in [-0.1, -0.05) is 52.6 Å². The Morgan fingerprint density at radius 3 is 2.32 bits per heavy atom. The second kappa shape index (κ2) is 13.9. The van der Waals surface area contributed by atoms with E-state index in [1.54, 1.807) is 0 Å². The number of methoxy groups -OCH3 is 1. The fourth-order valence-electron chi connectivity index (χ4n) is 7.80. The van der Waals surface area contributed by atoms with Crippen molar-refractivity contribution in [1.29, 1.82) is 0 Å². The number of nitrogens with zero attached hydrogens (tertiary/aromatic N) is 2. The highest BCUT2D eigenvalue weighted by Crippen LogP contribution is 2.58. The monoisotopic (exact) mass is 714 g/mol. The topological polar surface area (TPSA) is 153 Å². The molecule has 1 aliphatic heterocycles. The number of Topliss-reactive ketones (excluding diaryl/α,β-unsaturated/α-hetero) is 2. The first-order valence-corrected chi connectivity index (χ1v) is 20.7. The van der Waals surface area contributed by atoms with Gasteiger partial charge >= 0.3 is 5.97 Å². The maximum atomic E-state index is 15.6. The Morgan fingerprint density at radius 1 is 1.12 bits per heavy atom. The second-order valence-electron chi connectivity index (χ2n) is 15.7. The number of hydrogen-bond donors (Lipinski definition) is 2. The van der Waals surface area contributed by atoms with Crippen molar-refractivity contribution in [2.75, 3.05) is 34.4 Å². The Labute approximate surface area is 296 Å². The van der Waals surface area contributed by atoms with E-state index < -0.39 is 67.1 Å². The number of carboxylic acid groups (broad SMARTS) is 1. The molecule has 2 unspecified atom stereocenters. The lowest BCUT2D eigenvalue weighted by Crippen LogP contribution is -2.75. The van der Waals surface area contributed by atoms with Gasteiger partial charge in [0.25, 0.3) is 0 Å². The van der Waals surface area contributed by atoms with Gasteiger partial charge in [0, 0.05) is 17.1 Å². The van der Waals surface area contributed by atoms with Crippen LogP contribution in [0.2, 0.25) is 18.1 Å². The number of hydrogen-bond acceptors (Lipinski definition) is 11. The van der Waals surface area contributed by atoms with Crippen molar-refractivity contribution in [1.82, 2.24) is 4.90 Å². The predicted molar refractivity (Wildman–Crippen MR) is 190 cm³/mol. The molecule has 0 saturated heterocycles. The second-order valence-corrected chi connectivity index (χ2v) is 20.5. The van der Waals surface area contributed by atoms with Crippen LogP contribution in [0.3, 0.4) is 0 Å². The Bertz CT molecular complexity index is 1590. The number of rotatable bonds is 12. The Morgan fingerprint density at radius 2 is 1.76 bits per heavy atom. The van der Waals surface area contributed by atoms with Gasteiger partial charge in [0.2, 0.25) is 11.7 Å². The Hall–Kier alpha value is -3.42. The van der Waals surface area contributed by atoms with Crippen molar-refractivity contribution in [2.45, 2.75) is 109 Å². The molecule has 4 aliphatic rings. The van der Waals surface area contributed by atoms with Gasteiger partial charge in [0.1, 0.15) is 28.7 Å². The summed E-state index contributed by atoms with van der Waals surface area (Å²) in [5.41, 5.74) is -1.47. The van der Waals surface area contributed by atoms with Crippen LogP contribution in [0.4, 0.5) is 0 Å². The minimum atomic E-state index is -2.88.